The highest BCUT2D eigenvalue weighted by Crippen LogP contribution is 2.13. The van der Waals surface area contributed by atoms with Crippen LogP contribution >= 0.6 is 0 Å². The Labute approximate surface area is 327 Å². The van der Waals surface area contributed by atoms with Crippen LogP contribution in [-0.4, -0.2) is 37.2 Å². The maximum atomic E-state index is 12.7. The molecule has 0 rings (SSSR count). The van der Waals surface area contributed by atoms with Gasteiger partial charge >= 0.3 is 17.9 Å². The lowest BCUT2D eigenvalue weighted by molar-refractivity contribution is -0.167. The normalized spacial score (nSPS) is 12.3. The van der Waals surface area contributed by atoms with Crippen LogP contribution in [0.15, 0.2) is 36.5 Å². The summed E-state index contributed by atoms with van der Waals surface area (Å²) in [5.74, 6) is -0.921. The topological polar surface area (TPSA) is 78.9 Å². The molecule has 0 aromatic rings. The fourth-order valence-corrected chi connectivity index (χ4v) is 6.10. The van der Waals surface area contributed by atoms with Crippen LogP contribution in [0, 0.1) is 0 Å². The minimum atomic E-state index is -0.781. The first-order valence-corrected chi connectivity index (χ1v) is 22.5. The molecule has 0 bridgehead atoms. The largest absolute Gasteiger partial charge is 0.462 e. The molecule has 0 amide bonds. The number of ether oxygens (including phenoxy) is 3. The molecule has 0 heterocycles. The van der Waals surface area contributed by atoms with Crippen LogP contribution in [0.2, 0.25) is 0 Å². The predicted molar refractivity (Wildman–Crippen MR) is 224 cm³/mol. The van der Waals surface area contributed by atoms with Crippen molar-refractivity contribution >= 4 is 17.9 Å². The fourth-order valence-electron chi connectivity index (χ4n) is 6.10. The van der Waals surface area contributed by atoms with Crippen molar-refractivity contribution in [1.29, 1.82) is 0 Å². The number of carbonyl (C=O) groups excluding carboxylic acids is 3. The molecule has 0 aliphatic carbocycles. The second-order valence-corrected chi connectivity index (χ2v) is 14.9. The van der Waals surface area contributed by atoms with E-state index in [0.717, 1.165) is 89.9 Å². The highest BCUT2D eigenvalue weighted by Gasteiger charge is 2.19. The van der Waals surface area contributed by atoms with E-state index in [2.05, 4.69) is 57.2 Å². The molecule has 0 N–H and O–H groups in total. The van der Waals surface area contributed by atoms with Gasteiger partial charge in [-0.05, 0) is 83.5 Å². The zero-order valence-corrected chi connectivity index (χ0v) is 35.0. The van der Waals surface area contributed by atoms with Gasteiger partial charge in [-0.1, -0.05) is 160 Å². The summed E-state index contributed by atoms with van der Waals surface area (Å²) in [6, 6.07) is 0. The maximum Gasteiger partial charge on any atom is 0.306 e. The molecule has 308 valence electrons. The molecular weight excluding hydrogens is 661 g/mol. The Morgan fingerprint density at radius 3 is 1.02 bits per heavy atom. The van der Waals surface area contributed by atoms with E-state index in [4.69, 9.17) is 14.2 Å². The van der Waals surface area contributed by atoms with E-state index < -0.39 is 6.10 Å². The Bertz CT molecular complexity index is 907. The number of unbranched alkanes of at least 4 members (excludes halogenated alkanes) is 23. The molecule has 0 aromatic carbocycles. The molecule has 1 unspecified atom stereocenters. The third-order valence-electron chi connectivity index (χ3n) is 9.59. The predicted octanol–water partition coefficient (Wildman–Crippen LogP) is 14.2. The summed E-state index contributed by atoms with van der Waals surface area (Å²) in [5.41, 5.74) is 0. The van der Waals surface area contributed by atoms with Gasteiger partial charge in [-0.25, -0.2) is 0 Å². The first-order valence-electron chi connectivity index (χ1n) is 22.5. The lowest BCUT2D eigenvalue weighted by Gasteiger charge is -2.18. The molecule has 0 saturated heterocycles. The standard InChI is InChI=1S/C47H84O6/c1-4-7-10-13-16-19-22-23-26-28-31-34-37-40-46(49)52-43-44(53-47(50)41-38-35-32-29-25-21-18-15-12-9-6-3)42-51-45(48)39-36-33-30-27-24-20-17-14-11-8-5-2/h14-15,17-18,23,26,44H,4-13,16,19-22,24-25,27-43H2,1-3H3/b17-14-,18-15-,26-23-. The molecule has 53 heavy (non-hydrogen) atoms. The Hall–Kier alpha value is -2.37. The van der Waals surface area contributed by atoms with Gasteiger partial charge in [0.2, 0.25) is 0 Å². The molecule has 6 heteroatoms. The Morgan fingerprint density at radius 1 is 0.358 bits per heavy atom. The van der Waals surface area contributed by atoms with E-state index in [1.807, 2.05) is 0 Å². The highest BCUT2D eigenvalue weighted by molar-refractivity contribution is 5.71. The summed E-state index contributed by atoms with van der Waals surface area (Å²) in [4.78, 5) is 37.6. The first kappa shape index (κ1) is 50.6. The smallest absolute Gasteiger partial charge is 0.306 e. The number of allylic oxidation sites excluding steroid dienone is 6. The van der Waals surface area contributed by atoms with Crippen molar-refractivity contribution in [2.75, 3.05) is 13.2 Å². The van der Waals surface area contributed by atoms with Gasteiger partial charge in [-0.15, -0.1) is 0 Å². The number of esters is 3. The second kappa shape index (κ2) is 42.4. The zero-order chi connectivity index (χ0) is 38.7. The van der Waals surface area contributed by atoms with E-state index in [0.29, 0.717) is 19.3 Å². The van der Waals surface area contributed by atoms with Gasteiger partial charge in [0.15, 0.2) is 6.10 Å². The second-order valence-electron chi connectivity index (χ2n) is 14.9. The molecule has 0 aliphatic heterocycles. The molecule has 0 saturated carbocycles. The van der Waals surface area contributed by atoms with Crippen molar-refractivity contribution in [2.24, 2.45) is 0 Å². The van der Waals surface area contributed by atoms with Crippen LogP contribution < -0.4 is 0 Å². The van der Waals surface area contributed by atoms with Gasteiger partial charge < -0.3 is 14.2 Å². The summed E-state index contributed by atoms with van der Waals surface area (Å²) < 4.78 is 16.7. The van der Waals surface area contributed by atoms with Gasteiger partial charge in [0.1, 0.15) is 13.2 Å². The average molecular weight is 745 g/mol. The summed E-state index contributed by atoms with van der Waals surface area (Å²) in [6.45, 7) is 6.51. The first-order chi connectivity index (χ1) is 26.0. The van der Waals surface area contributed by atoms with E-state index in [1.165, 1.54) is 96.3 Å². The Morgan fingerprint density at radius 2 is 0.642 bits per heavy atom. The van der Waals surface area contributed by atoms with Crippen LogP contribution in [0.25, 0.3) is 0 Å². The highest BCUT2D eigenvalue weighted by atomic mass is 16.6. The van der Waals surface area contributed by atoms with Crippen molar-refractivity contribution in [3.8, 4) is 0 Å². The molecule has 0 fully saturated rings. The van der Waals surface area contributed by atoms with Gasteiger partial charge in [0.25, 0.3) is 0 Å². The minimum absolute atomic E-state index is 0.0843. The van der Waals surface area contributed by atoms with Crippen LogP contribution in [0.1, 0.15) is 226 Å². The third-order valence-corrected chi connectivity index (χ3v) is 9.59. The van der Waals surface area contributed by atoms with Gasteiger partial charge in [-0.2, -0.15) is 0 Å². The van der Waals surface area contributed by atoms with Crippen LogP contribution in [0.5, 0.6) is 0 Å². The van der Waals surface area contributed by atoms with Gasteiger partial charge in [0, 0.05) is 19.3 Å². The molecular formula is C47H84O6. The Balaban J connectivity index is 4.41. The Kier molecular flexibility index (Phi) is 40.5. The molecule has 0 aromatic heterocycles. The van der Waals surface area contributed by atoms with Crippen LogP contribution in [0.4, 0.5) is 0 Å². The molecule has 0 spiro atoms. The van der Waals surface area contributed by atoms with Crippen molar-refractivity contribution in [2.45, 2.75) is 232 Å². The number of carbonyl (C=O) groups is 3. The van der Waals surface area contributed by atoms with Crippen LogP contribution in [0.3, 0.4) is 0 Å². The van der Waals surface area contributed by atoms with Crippen molar-refractivity contribution in [3.05, 3.63) is 36.5 Å². The van der Waals surface area contributed by atoms with Crippen LogP contribution in [-0.2, 0) is 28.6 Å². The molecule has 0 aliphatic rings. The zero-order valence-electron chi connectivity index (χ0n) is 35.0. The van der Waals surface area contributed by atoms with E-state index in [1.54, 1.807) is 0 Å². The van der Waals surface area contributed by atoms with Crippen molar-refractivity contribution in [3.63, 3.8) is 0 Å². The molecule has 6 nitrogen and oxygen atoms in total. The average Bonchev–Trinajstić information content (AvgIpc) is 3.15. The lowest BCUT2D eigenvalue weighted by Crippen LogP contribution is -2.30. The lowest BCUT2D eigenvalue weighted by atomic mass is 10.1. The SMILES string of the molecule is CCCC/C=C\CCCCCCCC(=O)OCC(COC(=O)CCCCC/C=C\CCCCCCCC)OC(=O)CCCCCCC/C=C\CCCC. The third kappa shape index (κ3) is 40.6. The summed E-state index contributed by atoms with van der Waals surface area (Å²) >= 11 is 0. The minimum Gasteiger partial charge on any atom is -0.462 e. The number of hydrogen-bond acceptors (Lipinski definition) is 6. The molecule has 0 radical (unpaired) electrons. The van der Waals surface area contributed by atoms with Crippen molar-refractivity contribution in [1.82, 2.24) is 0 Å². The van der Waals surface area contributed by atoms with Gasteiger partial charge in [0.05, 0.1) is 0 Å². The monoisotopic (exact) mass is 745 g/mol. The van der Waals surface area contributed by atoms with E-state index in [-0.39, 0.29) is 31.1 Å². The van der Waals surface area contributed by atoms with E-state index in [9.17, 15) is 14.4 Å². The van der Waals surface area contributed by atoms with E-state index >= 15 is 0 Å². The quantitative estimate of drug-likeness (QED) is 0.0269. The van der Waals surface area contributed by atoms with Crippen molar-refractivity contribution < 1.29 is 28.6 Å². The fraction of sp³-hybridized carbons (Fsp3) is 0.809. The summed E-state index contributed by atoms with van der Waals surface area (Å²) in [7, 11) is 0. The number of rotatable bonds is 40. The molecule has 1 atom stereocenters. The summed E-state index contributed by atoms with van der Waals surface area (Å²) in [5, 5.41) is 0. The maximum absolute atomic E-state index is 12.7. The van der Waals surface area contributed by atoms with Gasteiger partial charge in [-0.3, -0.25) is 14.4 Å². The number of hydrogen-bond donors (Lipinski definition) is 0. The summed E-state index contributed by atoms with van der Waals surface area (Å²) in [6.07, 6.45) is 46.9.